The minimum atomic E-state index is -0.484. The summed E-state index contributed by atoms with van der Waals surface area (Å²) in [6.45, 7) is 0.495. The van der Waals surface area contributed by atoms with Crippen LogP contribution in [0.25, 0.3) is 0 Å². The summed E-state index contributed by atoms with van der Waals surface area (Å²) in [6, 6.07) is 4.84. The van der Waals surface area contributed by atoms with Gasteiger partial charge in [-0.15, -0.1) is 0 Å². The molecular weight excluding hydrogens is 240 g/mol. The Hall–Kier alpha value is -2.01. The first-order valence-corrected chi connectivity index (χ1v) is 5.36. The number of primary amides is 1. The van der Waals surface area contributed by atoms with E-state index in [-0.39, 0.29) is 0 Å². The fraction of sp³-hybridized carbons (Fsp3) is 0.0909. The van der Waals surface area contributed by atoms with Crippen LogP contribution in [0.15, 0.2) is 30.6 Å². The second-order valence-electron chi connectivity index (χ2n) is 3.45. The van der Waals surface area contributed by atoms with Crippen molar-refractivity contribution in [3.05, 3.63) is 47.0 Å². The molecule has 2 rings (SSSR count). The topological polar surface area (TPSA) is 83.8 Å². The number of carbonyl (C=O) groups is 1. The van der Waals surface area contributed by atoms with Crippen molar-refractivity contribution < 1.29 is 4.79 Å². The van der Waals surface area contributed by atoms with Gasteiger partial charge < -0.3 is 16.0 Å². The van der Waals surface area contributed by atoms with Crippen LogP contribution < -0.4 is 11.1 Å². The fourth-order valence-electron chi connectivity index (χ4n) is 1.39. The number of hydrogen-bond donors (Lipinski definition) is 3. The standard InChI is InChI=1S/C11H11ClN4O/c12-8-2-1-7(11(13)17)5-9(8)16-6-10-14-3-4-15-10/h1-5,16H,6H2,(H2,13,17)(H,14,15). The number of nitrogens with one attached hydrogen (secondary N) is 2. The second-order valence-corrected chi connectivity index (χ2v) is 3.86. The lowest BCUT2D eigenvalue weighted by Gasteiger charge is -2.08. The highest BCUT2D eigenvalue weighted by molar-refractivity contribution is 6.33. The SMILES string of the molecule is NC(=O)c1ccc(Cl)c(NCc2ncc[nH]2)c1. The molecule has 0 aliphatic carbocycles. The number of amides is 1. The van der Waals surface area contributed by atoms with Crippen molar-refractivity contribution in [1.82, 2.24) is 9.97 Å². The Morgan fingerprint density at radius 3 is 3.00 bits per heavy atom. The molecule has 1 aromatic carbocycles. The second kappa shape index (κ2) is 4.88. The van der Waals surface area contributed by atoms with E-state index in [2.05, 4.69) is 15.3 Å². The van der Waals surface area contributed by atoms with Gasteiger partial charge in [-0.05, 0) is 18.2 Å². The van der Waals surface area contributed by atoms with Gasteiger partial charge in [-0.3, -0.25) is 4.79 Å². The van der Waals surface area contributed by atoms with Crippen LogP contribution in [0.3, 0.4) is 0 Å². The number of carbonyl (C=O) groups excluding carboxylic acids is 1. The molecule has 0 atom stereocenters. The molecule has 4 N–H and O–H groups in total. The van der Waals surface area contributed by atoms with Crippen molar-refractivity contribution in [2.75, 3.05) is 5.32 Å². The van der Waals surface area contributed by atoms with E-state index in [1.165, 1.54) is 0 Å². The van der Waals surface area contributed by atoms with Crippen molar-refractivity contribution >= 4 is 23.2 Å². The maximum absolute atomic E-state index is 11.0. The average molecular weight is 251 g/mol. The summed E-state index contributed by atoms with van der Waals surface area (Å²) < 4.78 is 0. The van der Waals surface area contributed by atoms with Crippen LogP contribution in [-0.4, -0.2) is 15.9 Å². The minimum absolute atomic E-state index is 0.413. The molecule has 1 amide bonds. The smallest absolute Gasteiger partial charge is 0.248 e. The van der Waals surface area contributed by atoms with Crippen LogP contribution in [0.5, 0.6) is 0 Å². The lowest BCUT2D eigenvalue weighted by Crippen LogP contribution is -2.11. The molecule has 1 aromatic heterocycles. The highest BCUT2D eigenvalue weighted by Gasteiger charge is 2.06. The first kappa shape index (κ1) is 11.5. The number of halogens is 1. The number of anilines is 1. The van der Waals surface area contributed by atoms with Gasteiger partial charge in [-0.1, -0.05) is 11.6 Å². The third-order valence-electron chi connectivity index (χ3n) is 2.25. The Morgan fingerprint density at radius 1 is 1.53 bits per heavy atom. The van der Waals surface area contributed by atoms with Gasteiger partial charge in [0.25, 0.3) is 0 Å². The molecule has 17 heavy (non-hydrogen) atoms. The quantitative estimate of drug-likeness (QED) is 0.773. The molecular formula is C11H11ClN4O. The Balaban J connectivity index is 2.14. The van der Waals surface area contributed by atoms with E-state index in [4.69, 9.17) is 17.3 Å². The number of benzene rings is 1. The molecule has 0 saturated carbocycles. The van der Waals surface area contributed by atoms with Crippen LogP contribution in [0, 0.1) is 0 Å². The van der Waals surface area contributed by atoms with Gasteiger partial charge in [0.1, 0.15) is 5.82 Å². The van der Waals surface area contributed by atoms with E-state index in [1.54, 1.807) is 30.6 Å². The molecule has 5 nitrogen and oxygen atoms in total. The van der Waals surface area contributed by atoms with Gasteiger partial charge in [0.05, 0.1) is 17.3 Å². The normalized spacial score (nSPS) is 10.2. The maximum Gasteiger partial charge on any atom is 0.248 e. The maximum atomic E-state index is 11.0. The van der Waals surface area contributed by atoms with Crippen molar-refractivity contribution in [2.24, 2.45) is 5.73 Å². The molecule has 0 aliphatic rings. The summed E-state index contributed by atoms with van der Waals surface area (Å²) in [5.41, 5.74) is 6.26. The van der Waals surface area contributed by atoms with Crippen LogP contribution >= 0.6 is 11.6 Å². The van der Waals surface area contributed by atoms with Crippen molar-refractivity contribution in [2.45, 2.75) is 6.54 Å². The van der Waals surface area contributed by atoms with Crippen LogP contribution in [0.1, 0.15) is 16.2 Å². The highest BCUT2D eigenvalue weighted by Crippen LogP contribution is 2.23. The van der Waals surface area contributed by atoms with E-state index >= 15 is 0 Å². The summed E-state index contributed by atoms with van der Waals surface area (Å²) in [4.78, 5) is 18.1. The van der Waals surface area contributed by atoms with Crippen LogP contribution in [0.4, 0.5) is 5.69 Å². The Labute approximate surface area is 103 Å². The Bertz CT molecular complexity index is 524. The molecule has 0 fully saturated rings. The van der Waals surface area contributed by atoms with Crippen molar-refractivity contribution in [3.8, 4) is 0 Å². The number of rotatable bonds is 4. The molecule has 0 bridgehead atoms. The summed E-state index contributed by atoms with van der Waals surface area (Å²) >= 11 is 6.00. The number of nitrogens with two attached hydrogens (primary N) is 1. The summed E-state index contributed by atoms with van der Waals surface area (Å²) in [5, 5.41) is 3.61. The number of aromatic amines is 1. The largest absolute Gasteiger partial charge is 0.377 e. The molecule has 0 spiro atoms. The number of imidazole rings is 1. The lowest BCUT2D eigenvalue weighted by molar-refractivity contribution is 0.100. The zero-order valence-electron chi connectivity index (χ0n) is 8.90. The summed E-state index contributed by atoms with van der Waals surface area (Å²) in [5.74, 6) is 0.299. The molecule has 0 aliphatic heterocycles. The van der Waals surface area contributed by atoms with Gasteiger partial charge in [-0.2, -0.15) is 0 Å². The number of aromatic nitrogens is 2. The third-order valence-corrected chi connectivity index (χ3v) is 2.58. The Kier molecular flexibility index (Phi) is 3.30. The van der Waals surface area contributed by atoms with E-state index in [0.29, 0.717) is 22.8 Å². The fourth-order valence-corrected chi connectivity index (χ4v) is 1.57. The number of hydrogen-bond acceptors (Lipinski definition) is 3. The molecule has 1 heterocycles. The Morgan fingerprint density at radius 2 is 2.35 bits per heavy atom. The van der Waals surface area contributed by atoms with Gasteiger partial charge in [0, 0.05) is 18.0 Å². The van der Waals surface area contributed by atoms with E-state index in [9.17, 15) is 4.79 Å². The number of H-pyrrole nitrogens is 1. The van der Waals surface area contributed by atoms with Gasteiger partial charge in [0.2, 0.25) is 5.91 Å². The first-order chi connectivity index (χ1) is 8.16. The molecule has 2 aromatic rings. The zero-order valence-corrected chi connectivity index (χ0v) is 9.66. The van der Waals surface area contributed by atoms with Crippen LogP contribution in [0.2, 0.25) is 5.02 Å². The third kappa shape index (κ3) is 2.76. The number of nitrogens with zero attached hydrogens (tertiary/aromatic N) is 1. The molecule has 88 valence electrons. The van der Waals surface area contributed by atoms with Crippen molar-refractivity contribution in [3.63, 3.8) is 0 Å². The molecule has 0 radical (unpaired) electrons. The lowest BCUT2D eigenvalue weighted by atomic mass is 10.2. The van der Waals surface area contributed by atoms with Crippen molar-refractivity contribution in [1.29, 1.82) is 0 Å². The average Bonchev–Trinajstić information content (AvgIpc) is 2.80. The molecule has 0 unspecified atom stereocenters. The molecule has 6 heteroatoms. The predicted octanol–water partition coefficient (Wildman–Crippen LogP) is 1.77. The van der Waals surface area contributed by atoms with E-state index < -0.39 is 5.91 Å². The van der Waals surface area contributed by atoms with Gasteiger partial charge in [0.15, 0.2) is 0 Å². The van der Waals surface area contributed by atoms with Crippen LogP contribution in [-0.2, 0) is 6.54 Å². The predicted molar refractivity (Wildman–Crippen MR) is 65.9 cm³/mol. The summed E-state index contributed by atoms with van der Waals surface area (Å²) in [6.07, 6.45) is 3.40. The van der Waals surface area contributed by atoms with E-state index in [1.807, 2.05) is 0 Å². The highest BCUT2D eigenvalue weighted by atomic mass is 35.5. The van der Waals surface area contributed by atoms with Gasteiger partial charge in [-0.25, -0.2) is 4.98 Å². The molecule has 0 saturated heterocycles. The van der Waals surface area contributed by atoms with E-state index in [0.717, 1.165) is 5.82 Å². The zero-order chi connectivity index (χ0) is 12.3. The monoisotopic (exact) mass is 250 g/mol. The minimum Gasteiger partial charge on any atom is -0.377 e. The van der Waals surface area contributed by atoms with Gasteiger partial charge >= 0.3 is 0 Å². The summed E-state index contributed by atoms with van der Waals surface area (Å²) in [7, 11) is 0. The first-order valence-electron chi connectivity index (χ1n) is 4.98.